The highest BCUT2D eigenvalue weighted by atomic mass is 35.5. The number of pyridine rings is 1. The smallest absolute Gasteiger partial charge is 0.248 e. The first-order valence-electron chi connectivity index (χ1n) is 15.7. The molecule has 12 nitrogen and oxygen atoms in total. The van der Waals surface area contributed by atoms with Gasteiger partial charge in [-0.3, -0.25) is 24.0 Å². The number of ketones is 1. The van der Waals surface area contributed by atoms with E-state index < -0.39 is 6.04 Å². The zero-order valence-corrected chi connectivity index (χ0v) is 27.2. The monoisotopic (exact) mass is 654 g/mol. The first-order valence-corrected chi connectivity index (χ1v) is 16.0. The average molecular weight is 655 g/mol. The molecule has 0 spiro atoms. The van der Waals surface area contributed by atoms with Crippen LogP contribution < -0.4 is 5.32 Å². The van der Waals surface area contributed by atoms with Crippen LogP contribution in [0.4, 0.5) is 5.82 Å². The third-order valence-corrected chi connectivity index (χ3v) is 9.57. The molecule has 47 heavy (non-hydrogen) atoms. The molecule has 0 unspecified atom stereocenters. The predicted molar refractivity (Wildman–Crippen MR) is 176 cm³/mol. The summed E-state index contributed by atoms with van der Waals surface area (Å²) in [5.74, 6) is 0.236. The molecule has 1 aromatic carbocycles. The van der Waals surface area contributed by atoms with Gasteiger partial charge in [-0.25, -0.2) is 15.0 Å². The minimum atomic E-state index is -0.744. The molecule has 1 N–H and O–H groups in total. The summed E-state index contributed by atoms with van der Waals surface area (Å²) in [4.78, 5) is 57.7. The summed E-state index contributed by atoms with van der Waals surface area (Å²) in [6.07, 6.45) is 7.95. The molecule has 0 bridgehead atoms. The fraction of sp³-hybridized carbons (Fsp3) is 0.382. The number of anilines is 1. The van der Waals surface area contributed by atoms with E-state index in [1.807, 2.05) is 37.3 Å². The Hall–Kier alpha value is -4.52. The van der Waals surface area contributed by atoms with Crippen molar-refractivity contribution in [2.24, 2.45) is 5.41 Å². The van der Waals surface area contributed by atoms with Crippen molar-refractivity contribution < 1.29 is 19.1 Å². The number of benzene rings is 1. The lowest BCUT2D eigenvalue weighted by Crippen LogP contribution is -2.50. The van der Waals surface area contributed by atoms with Crippen LogP contribution in [0.25, 0.3) is 22.0 Å². The number of hydrogen-bond donors (Lipinski definition) is 1. The van der Waals surface area contributed by atoms with Crippen molar-refractivity contribution in [3.05, 3.63) is 77.1 Å². The zero-order chi connectivity index (χ0) is 32.9. The van der Waals surface area contributed by atoms with Gasteiger partial charge in [0.1, 0.15) is 35.1 Å². The standard InChI is InChI=1S/C34H35ClN8O4/c1-20(44)31-25-14-22(24-16-36-21(2)37-17-24)4-6-26(25)42(40-31)19-30(45)43-27(15-34(3)9-8-28(34)43)33(46)39-32-23(5-7-29(35)38-32)18-41-10-12-47-13-11-41/h4-9,14,16-17,27-28H,10-13,15,18-19H2,1-3H3,(H,38,39,46)/t27-,28+,34+/m0/s1. The van der Waals surface area contributed by atoms with E-state index >= 15 is 0 Å². The Balaban J connectivity index is 1.15. The van der Waals surface area contributed by atoms with Crippen LogP contribution in [0.3, 0.4) is 0 Å². The molecule has 2 aliphatic heterocycles. The first kappa shape index (κ1) is 31.1. The Bertz CT molecular complexity index is 1920. The van der Waals surface area contributed by atoms with E-state index in [9.17, 15) is 14.4 Å². The van der Waals surface area contributed by atoms with Crippen molar-refractivity contribution in [1.82, 2.24) is 34.5 Å². The van der Waals surface area contributed by atoms with Crippen molar-refractivity contribution in [1.29, 1.82) is 0 Å². The number of amides is 2. The van der Waals surface area contributed by atoms with Crippen molar-refractivity contribution in [3.63, 3.8) is 0 Å². The van der Waals surface area contributed by atoms with E-state index in [-0.39, 0.29) is 46.4 Å². The van der Waals surface area contributed by atoms with E-state index in [2.05, 4.69) is 43.3 Å². The van der Waals surface area contributed by atoms with E-state index in [1.165, 1.54) is 6.92 Å². The fourth-order valence-electron chi connectivity index (χ4n) is 6.76. The van der Waals surface area contributed by atoms with Crippen LogP contribution in [0.5, 0.6) is 0 Å². The number of halogens is 1. The quantitative estimate of drug-likeness (QED) is 0.169. The van der Waals surface area contributed by atoms with Gasteiger partial charge in [-0.15, -0.1) is 0 Å². The Morgan fingerprint density at radius 1 is 1.09 bits per heavy atom. The lowest BCUT2D eigenvalue weighted by molar-refractivity contribution is -0.139. The molecule has 3 atom stereocenters. The van der Waals surface area contributed by atoms with Crippen molar-refractivity contribution in [3.8, 4) is 11.1 Å². The molecule has 4 aromatic rings. The second-order valence-electron chi connectivity index (χ2n) is 12.7. The summed E-state index contributed by atoms with van der Waals surface area (Å²) in [6, 6.07) is 8.22. The van der Waals surface area contributed by atoms with Crippen LogP contribution in [0.1, 0.15) is 42.1 Å². The molecule has 5 heterocycles. The lowest BCUT2D eigenvalue weighted by atomic mass is 9.73. The van der Waals surface area contributed by atoms with Crippen molar-refractivity contribution >= 4 is 45.9 Å². The Morgan fingerprint density at radius 2 is 1.85 bits per heavy atom. The molecule has 1 aliphatic carbocycles. The normalized spacial score (nSPS) is 22.3. The van der Waals surface area contributed by atoms with Gasteiger partial charge in [0.25, 0.3) is 0 Å². The van der Waals surface area contributed by atoms with Gasteiger partial charge in [-0.2, -0.15) is 5.10 Å². The molecular weight excluding hydrogens is 620 g/mol. The number of Topliss-reactive ketones (excluding diaryl/α,β-unsaturated/α-hetero) is 1. The van der Waals surface area contributed by atoms with Crippen LogP contribution in [0.2, 0.25) is 5.15 Å². The van der Waals surface area contributed by atoms with Gasteiger partial charge in [0, 0.05) is 60.9 Å². The second kappa shape index (κ2) is 12.3. The molecule has 7 rings (SSSR count). The minimum Gasteiger partial charge on any atom is -0.379 e. The number of morpholine rings is 1. The zero-order valence-electron chi connectivity index (χ0n) is 26.4. The number of fused-ring (bicyclic) bond motifs is 2. The number of nitrogens with one attached hydrogen (secondary N) is 1. The predicted octanol–water partition coefficient (Wildman–Crippen LogP) is 4.07. The molecule has 3 aromatic heterocycles. The van der Waals surface area contributed by atoms with Crippen LogP contribution in [0, 0.1) is 12.3 Å². The Morgan fingerprint density at radius 3 is 2.55 bits per heavy atom. The van der Waals surface area contributed by atoms with Gasteiger partial charge in [0.05, 0.1) is 24.8 Å². The van der Waals surface area contributed by atoms with E-state index in [0.29, 0.717) is 48.7 Å². The van der Waals surface area contributed by atoms with E-state index in [4.69, 9.17) is 16.3 Å². The molecule has 0 saturated carbocycles. The Kier molecular flexibility index (Phi) is 8.11. The number of aryl methyl sites for hydroxylation is 1. The third-order valence-electron chi connectivity index (χ3n) is 9.36. The molecule has 2 fully saturated rings. The highest BCUT2D eigenvalue weighted by Gasteiger charge is 2.55. The first-order chi connectivity index (χ1) is 22.6. The van der Waals surface area contributed by atoms with Gasteiger partial charge in [-0.1, -0.05) is 42.8 Å². The summed E-state index contributed by atoms with van der Waals surface area (Å²) in [5, 5.41) is 8.47. The minimum absolute atomic E-state index is 0.140. The Labute approximate surface area is 276 Å². The fourth-order valence-corrected chi connectivity index (χ4v) is 6.91. The largest absolute Gasteiger partial charge is 0.379 e. The lowest BCUT2D eigenvalue weighted by Gasteiger charge is -2.38. The summed E-state index contributed by atoms with van der Waals surface area (Å²) in [6.45, 7) is 8.63. The van der Waals surface area contributed by atoms with Gasteiger partial charge in [0.2, 0.25) is 11.8 Å². The SMILES string of the molecule is CC(=O)c1nn(CC(=O)N2[C@H](C(=O)Nc3nc(Cl)ccc3CN3CCOCC3)C[C@@]3(C)C=C[C@@H]23)c2ccc(-c3cnc(C)nc3)cc12. The van der Waals surface area contributed by atoms with E-state index in [0.717, 1.165) is 29.8 Å². The van der Waals surface area contributed by atoms with E-state index in [1.54, 1.807) is 28.0 Å². The highest BCUT2D eigenvalue weighted by molar-refractivity contribution is 6.29. The van der Waals surface area contributed by atoms with Crippen LogP contribution in [-0.2, 0) is 27.4 Å². The number of hydrogen-bond acceptors (Lipinski definition) is 9. The number of aromatic nitrogens is 5. The number of likely N-dealkylation sites (tertiary alicyclic amines) is 1. The summed E-state index contributed by atoms with van der Waals surface area (Å²) < 4.78 is 7.03. The second-order valence-corrected chi connectivity index (χ2v) is 13.1. The molecule has 2 amide bonds. The van der Waals surface area contributed by atoms with Gasteiger partial charge in [0.15, 0.2) is 5.78 Å². The molecule has 3 aliphatic rings. The third kappa shape index (κ3) is 5.92. The number of carbonyl (C=O) groups is 3. The summed E-state index contributed by atoms with van der Waals surface area (Å²) >= 11 is 6.26. The molecule has 242 valence electrons. The molecule has 13 heteroatoms. The van der Waals surface area contributed by atoms with Gasteiger partial charge >= 0.3 is 0 Å². The molecule has 2 saturated heterocycles. The average Bonchev–Trinajstić information content (AvgIpc) is 3.51. The van der Waals surface area contributed by atoms with Crippen LogP contribution >= 0.6 is 11.6 Å². The van der Waals surface area contributed by atoms with Gasteiger partial charge in [-0.05, 0) is 37.1 Å². The summed E-state index contributed by atoms with van der Waals surface area (Å²) in [5.41, 5.74) is 3.05. The number of nitrogens with zero attached hydrogens (tertiary/aromatic N) is 7. The van der Waals surface area contributed by atoms with Gasteiger partial charge < -0.3 is 15.0 Å². The topological polar surface area (TPSA) is 135 Å². The molecular formula is C34H35ClN8O4. The molecule has 0 radical (unpaired) electrons. The maximum Gasteiger partial charge on any atom is 0.248 e. The number of carbonyl (C=O) groups excluding carboxylic acids is 3. The van der Waals surface area contributed by atoms with Crippen molar-refractivity contribution in [2.45, 2.75) is 52.4 Å². The summed E-state index contributed by atoms with van der Waals surface area (Å²) in [7, 11) is 0. The highest BCUT2D eigenvalue weighted by Crippen LogP contribution is 2.49. The number of ether oxygens (including phenoxy) is 1. The maximum absolute atomic E-state index is 14.1. The van der Waals surface area contributed by atoms with Crippen LogP contribution in [0.15, 0.2) is 54.9 Å². The van der Waals surface area contributed by atoms with Crippen molar-refractivity contribution in [2.75, 3.05) is 31.6 Å². The number of rotatable bonds is 8. The van der Waals surface area contributed by atoms with Crippen LogP contribution in [-0.4, -0.2) is 90.5 Å². The maximum atomic E-state index is 14.1.